The second-order valence-electron chi connectivity index (χ2n) is 5.60. The summed E-state index contributed by atoms with van der Waals surface area (Å²) in [6.45, 7) is 0. The van der Waals surface area contributed by atoms with Gasteiger partial charge in [0.1, 0.15) is 12.1 Å². The van der Waals surface area contributed by atoms with E-state index < -0.39 is 66.6 Å². The van der Waals surface area contributed by atoms with Gasteiger partial charge >= 0.3 is 17.9 Å². The fraction of sp³-hybridized carbons (Fsp3) is 0.571. The van der Waals surface area contributed by atoms with Crippen molar-refractivity contribution in [2.45, 2.75) is 50.2 Å². The van der Waals surface area contributed by atoms with Gasteiger partial charge in [-0.15, -0.1) is 0 Å². The van der Waals surface area contributed by atoms with Crippen LogP contribution in [0.15, 0.2) is 0 Å². The highest BCUT2D eigenvalue weighted by Gasteiger charge is 2.29. The van der Waals surface area contributed by atoms with Crippen molar-refractivity contribution in [1.29, 1.82) is 0 Å². The average molecular weight is 390 g/mol. The topological polar surface area (TPSA) is 239 Å². The molecule has 0 aliphatic heterocycles. The highest BCUT2D eigenvalue weighted by atomic mass is 16.4. The van der Waals surface area contributed by atoms with E-state index >= 15 is 0 Å². The molecule has 27 heavy (non-hydrogen) atoms. The van der Waals surface area contributed by atoms with Gasteiger partial charge < -0.3 is 37.4 Å². The Hall–Kier alpha value is -3.22. The molecule has 0 heterocycles. The van der Waals surface area contributed by atoms with Crippen molar-refractivity contribution >= 4 is 35.6 Å². The molecule has 152 valence electrons. The number of aliphatic carboxylic acids is 3. The normalized spacial score (nSPS) is 13.7. The Morgan fingerprint density at radius 3 is 1.78 bits per heavy atom. The number of nitrogens with one attached hydrogen (secondary N) is 2. The summed E-state index contributed by atoms with van der Waals surface area (Å²) in [4.78, 5) is 67.3. The van der Waals surface area contributed by atoms with Crippen LogP contribution in [0.2, 0.25) is 0 Å². The first-order valence-electron chi connectivity index (χ1n) is 7.75. The number of rotatable bonds is 13. The quantitative estimate of drug-likeness (QED) is 0.168. The number of hydrogen-bond donors (Lipinski definition) is 7. The van der Waals surface area contributed by atoms with E-state index in [9.17, 15) is 28.8 Å². The Bertz CT molecular complexity index is 607. The Labute approximate surface area is 153 Å². The molecule has 0 bridgehead atoms. The van der Waals surface area contributed by atoms with E-state index in [4.69, 9.17) is 26.8 Å². The van der Waals surface area contributed by atoms with Crippen LogP contribution in [0.5, 0.6) is 0 Å². The molecule has 0 aromatic rings. The van der Waals surface area contributed by atoms with Crippen LogP contribution in [0.4, 0.5) is 0 Å². The number of amides is 3. The number of carbonyl (C=O) groups excluding carboxylic acids is 3. The van der Waals surface area contributed by atoms with Gasteiger partial charge in [-0.25, -0.2) is 4.79 Å². The van der Waals surface area contributed by atoms with E-state index in [1.165, 1.54) is 0 Å². The fourth-order valence-corrected chi connectivity index (χ4v) is 1.89. The maximum Gasteiger partial charge on any atom is 0.326 e. The maximum atomic E-state index is 12.2. The van der Waals surface area contributed by atoms with Crippen molar-refractivity contribution in [3.63, 3.8) is 0 Å². The summed E-state index contributed by atoms with van der Waals surface area (Å²) in [5.41, 5.74) is 10.5. The Morgan fingerprint density at radius 2 is 1.33 bits per heavy atom. The summed E-state index contributed by atoms with van der Waals surface area (Å²) in [7, 11) is 0. The van der Waals surface area contributed by atoms with Gasteiger partial charge in [-0.2, -0.15) is 0 Å². The molecule has 9 N–H and O–H groups in total. The average Bonchev–Trinajstić information content (AvgIpc) is 2.54. The highest BCUT2D eigenvalue weighted by Crippen LogP contribution is 2.03. The molecule has 0 spiro atoms. The standard InChI is InChI=1S/C14H22N4O9/c15-6(1-4-10(20)21)12(24)17-7(2-3-9(16)19)13(25)18-8(14(26)27)5-11(22)23/h6-8H,1-5,15H2,(H2,16,19)(H,17,24)(H,18,25)(H,20,21)(H,22,23)(H,26,27). The number of carbonyl (C=O) groups is 6. The minimum absolute atomic E-state index is 0.220. The molecule has 0 rings (SSSR count). The minimum atomic E-state index is -1.76. The third-order valence-electron chi connectivity index (χ3n) is 3.31. The lowest BCUT2D eigenvalue weighted by Crippen LogP contribution is -2.55. The molecule has 0 aliphatic carbocycles. The first-order chi connectivity index (χ1) is 12.4. The monoisotopic (exact) mass is 390 g/mol. The van der Waals surface area contributed by atoms with Crippen molar-refractivity contribution in [3.8, 4) is 0 Å². The molecule has 0 aromatic carbocycles. The van der Waals surface area contributed by atoms with Crippen LogP contribution in [0, 0.1) is 0 Å². The highest BCUT2D eigenvalue weighted by molar-refractivity contribution is 5.93. The van der Waals surface area contributed by atoms with E-state index in [-0.39, 0.29) is 19.3 Å². The molecule has 0 saturated carbocycles. The van der Waals surface area contributed by atoms with E-state index in [0.29, 0.717) is 0 Å². The van der Waals surface area contributed by atoms with Gasteiger partial charge in [0.15, 0.2) is 0 Å². The molecule has 3 atom stereocenters. The van der Waals surface area contributed by atoms with Gasteiger partial charge in [0.25, 0.3) is 0 Å². The van der Waals surface area contributed by atoms with Crippen LogP contribution in [-0.2, 0) is 28.8 Å². The number of nitrogens with two attached hydrogens (primary N) is 2. The molecule has 0 radical (unpaired) electrons. The third-order valence-corrected chi connectivity index (χ3v) is 3.31. The first kappa shape index (κ1) is 23.8. The second-order valence-corrected chi connectivity index (χ2v) is 5.60. The minimum Gasteiger partial charge on any atom is -0.481 e. The zero-order chi connectivity index (χ0) is 21.1. The molecular weight excluding hydrogens is 368 g/mol. The first-order valence-corrected chi connectivity index (χ1v) is 7.75. The Balaban J connectivity index is 5.09. The van der Waals surface area contributed by atoms with Crippen LogP contribution < -0.4 is 22.1 Å². The maximum absolute atomic E-state index is 12.2. The van der Waals surface area contributed by atoms with Crippen molar-refractivity contribution in [2.75, 3.05) is 0 Å². The van der Waals surface area contributed by atoms with E-state index in [1.54, 1.807) is 0 Å². The molecule has 0 fully saturated rings. The summed E-state index contributed by atoms with van der Waals surface area (Å²) in [6, 6.07) is -4.44. The van der Waals surface area contributed by atoms with Crippen LogP contribution in [-0.4, -0.2) is 69.1 Å². The summed E-state index contributed by atoms with van der Waals surface area (Å²) < 4.78 is 0. The number of hydrogen-bond acceptors (Lipinski definition) is 7. The van der Waals surface area contributed by atoms with Crippen molar-refractivity contribution in [1.82, 2.24) is 10.6 Å². The number of carboxylic acid groups (broad SMARTS) is 3. The number of primary amides is 1. The predicted octanol–water partition coefficient (Wildman–Crippen LogP) is -3.03. The van der Waals surface area contributed by atoms with Gasteiger partial charge in [-0.3, -0.25) is 24.0 Å². The smallest absolute Gasteiger partial charge is 0.326 e. The van der Waals surface area contributed by atoms with E-state index in [0.717, 1.165) is 0 Å². The number of carboxylic acids is 3. The van der Waals surface area contributed by atoms with Crippen molar-refractivity contribution < 1.29 is 44.1 Å². The molecule has 0 aliphatic rings. The van der Waals surface area contributed by atoms with Gasteiger partial charge in [0.2, 0.25) is 17.7 Å². The SMILES string of the molecule is NC(=O)CCC(NC(=O)C(N)CCC(=O)O)C(=O)NC(CC(=O)O)C(=O)O. The lowest BCUT2D eigenvalue weighted by Gasteiger charge is -2.22. The lowest BCUT2D eigenvalue weighted by molar-refractivity contribution is -0.147. The van der Waals surface area contributed by atoms with Crippen LogP contribution in [0.3, 0.4) is 0 Å². The molecule has 13 nitrogen and oxygen atoms in total. The van der Waals surface area contributed by atoms with Crippen LogP contribution >= 0.6 is 0 Å². The molecule has 3 unspecified atom stereocenters. The molecule has 0 saturated heterocycles. The van der Waals surface area contributed by atoms with Crippen molar-refractivity contribution in [2.24, 2.45) is 11.5 Å². The zero-order valence-corrected chi connectivity index (χ0v) is 14.2. The van der Waals surface area contributed by atoms with Crippen molar-refractivity contribution in [3.05, 3.63) is 0 Å². The third kappa shape index (κ3) is 10.4. The van der Waals surface area contributed by atoms with E-state index in [1.807, 2.05) is 5.32 Å². The predicted molar refractivity (Wildman–Crippen MR) is 87.0 cm³/mol. The molecule has 0 aromatic heterocycles. The fourth-order valence-electron chi connectivity index (χ4n) is 1.89. The van der Waals surface area contributed by atoms with Gasteiger partial charge in [-0.1, -0.05) is 0 Å². The second kappa shape index (κ2) is 11.4. The van der Waals surface area contributed by atoms with Gasteiger partial charge in [0, 0.05) is 12.8 Å². The zero-order valence-electron chi connectivity index (χ0n) is 14.2. The molecule has 3 amide bonds. The summed E-state index contributed by atoms with van der Waals surface area (Å²) >= 11 is 0. The Morgan fingerprint density at radius 1 is 0.778 bits per heavy atom. The lowest BCUT2D eigenvalue weighted by atomic mass is 10.1. The summed E-state index contributed by atoms with van der Waals surface area (Å²) in [5.74, 6) is -7.01. The van der Waals surface area contributed by atoms with Crippen LogP contribution in [0.1, 0.15) is 32.1 Å². The largest absolute Gasteiger partial charge is 0.481 e. The van der Waals surface area contributed by atoms with Gasteiger partial charge in [-0.05, 0) is 12.8 Å². The Kier molecular flexibility index (Phi) is 10.0. The summed E-state index contributed by atoms with van der Waals surface area (Å²) in [6.07, 6.45) is -2.15. The van der Waals surface area contributed by atoms with E-state index in [2.05, 4.69) is 5.32 Å². The van der Waals surface area contributed by atoms with Crippen LogP contribution in [0.25, 0.3) is 0 Å². The van der Waals surface area contributed by atoms with Gasteiger partial charge in [0.05, 0.1) is 12.5 Å². The molecular formula is C14H22N4O9. The molecule has 13 heteroatoms. The summed E-state index contributed by atoms with van der Waals surface area (Å²) in [5, 5.41) is 30.3.